The number of nitrogens with one attached hydrogen (secondary N) is 2. The Morgan fingerprint density at radius 2 is 0.694 bits per heavy atom. The van der Waals surface area contributed by atoms with Crippen LogP contribution in [0.25, 0.3) is 0 Å². The zero-order chi connectivity index (χ0) is 25.5. The molecular weight excluding hydrogens is 448 g/mol. The molecule has 0 aromatic heterocycles. The van der Waals surface area contributed by atoms with Crippen LogP contribution in [-0.4, -0.2) is 23.2 Å². The van der Waals surface area contributed by atoms with Gasteiger partial charge in [0.2, 0.25) is 11.8 Å². The molecule has 2 N–H and O–H groups in total. The number of nitrogens with zero attached hydrogens (tertiary/aromatic N) is 2. The second kappa shape index (κ2) is 21.4. The van der Waals surface area contributed by atoms with Crippen molar-refractivity contribution in [3.05, 3.63) is 0 Å². The number of hydrazone groups is 2. The summed E-state index contributed by atoms with van der Waals surface area (Å²) in [5.41, 5.74) is 7.85. The van der Waals surface area contributed by atoms with Gasteiger partial charge in [0.25, 0.3) is 0 Å². The lowest BCUT2D eigenvalue weighted by Gasteiger charge is -2.10. The molecular formula is C30H54N4O2. The minimum absolute atomic E-state index is 0.0394. The highest BCUT2D eigenvalue weighted by Crippen LogP contribution is 2.16. The Balaban J connectivity index is 1.61. The van der Waals surface area contributed by atoms with Gasteiger partial charge in [0.1, 0.15) is 0 Å². The first kappa shape index (κ1) is 30.5. The van der Waals surface area contributed by atoms with Crippen molar-refractivity contribution < 1.29 is 9.59 Å². The average molecular weight is 503 g/mol. The molecule has 2 aliphatic carbocycles. The highest BCUT2D eigenvalue weighted by Gasteiger charge is 2.08. The number of hydrogen-bond donors (Lipinski definition) is 2. The fourth-order valence-corrected chi connectivity index (χ4v) is 5.23. The molecule has 6 heteroatoms. The largest absolute Gasteiger partial charge is 0.273 e. The molecule has 0 saturated heterocycles. The van der Waals surface area contributed by atoms with Gasteiger partial charge >= 0.3 is 0 Å². The highest BCUT2D eigenvalue weighted by molar-refractivity contribution is 5.87. The Morgan fingerprint density at radius 1 is 0.444 bits per heavy atom. The van der Waals surface area contributed by atoms with E-state index in [4.69, 9.17) is 0 Å². The van der Waals surface area contributed by atoms with E-state index in [-0.39, 0.29) is 11.8 Å². The summed E-state index contributed by atoms with van der Waals surface area (Å²) in [4.78, 5) is 24.5. The molecule has 206 valence electrons. The van der Waals surface area contributed by atoms with Crippen molar-refractivity contribution in [2.45, 2.75) is 167 Å². The summed E-state index contributed by atoms with van der Waals surface area (Å²) in [5, 5.41) is 8.93. The van der Waals surface area contributed by atoms with Gasteiger partial charge in [-0.05, 0) is 64.2 Å². The van der Waals surface area contributed by atoms with Crippen LogP contribution < -0.4 is 10.9 Å². The van der Waals surface area contributed by atoms with Crippen molar-refractivity contribution >= 4 is 23.2 Å². The zero-order valence-corrected chi connectivity index (χ0v) is 23.1. The summed E-state index contributed by atoms with van der Waals surface area (Å²) in [5.74, 6) is -0.0787. The first-order chi connectivity index (χ1) is 17.7. The summed E-state index contributed by atoms with van der Waals surface area (Å²) in [6, 6.07) is 0. The SMILES string of the molecule is O=C(CCCCC(=O)NN=C1CCCCCCCCCCC1)NN=C1CCCCCCCCCCC1. The lowest BCUT2D eigenvalue weighted by atomic mass is 10.00. The number of hydrogen-bond acceptors (Lipinski definition) is 4. The van der Waals surface area contributed by atoms with Gasteiger partial charge in [-0.15, -0.1) is 0 Å². The summed E-state index contributed by atoms with van der Waals surface area (Å²) in [6.07, 6.45) is 29.5. The van der Waals surface area contributed by atoms with E-state index < -0.39 is 0 Å². The third kappa shape index (κ3) is 16.9. The first-order valence-corrected chi connectivity index (χ1v) is 15.4. The van der Waals surface area contributed by atoms with Crippen molar-refractivity contribution in [1.29, 1.82) is 0 Å². The molecule has 36 heavy (non-hydrogen) atoms. The smallest absolute Gasteiger partial charge is 0.240 e. The van der Waals surface area contributed by atoms with Crippen molar-refractivity contribution in [2.24, 2.45) is 10.2 Å². The fourth-order valence-electron chi connectivity index (χ4n) is 5.23. The van der Waals surface area contributed by atoms with E-state index in [0.717, 1.165) is 37.1 Å². The number of carbonyl (C=O) groups excluding carboxylic acids is 2. The van der Waals surface area contributed by atoms with Gasteiger partial charge in [0, 0.05) is 24.3 Å². The summed E-state index contributed by atoms with van der Waals surface area (Å²) in [7, 11) is 0. The molecule has 0 unspecified atom stereocenters. The van der Waals surface area contributed by atoms with E-state index in [1.165, 1.54) is 116 Å². The molecule has 6 nitrogen and oxygen atoms in total. The highest BCUT2D eigenvalue weighted by atomic mass is 16.2. The molecule has 0 aromatic carbocycles. The van der Waals surface area contributed by atoms with E-state index in [1.54, 1.807) is 0 Å². The van der Waals surface area contributed by atoms with Gasteiger partial charge in [-0.25, -0.2) is 10.9 Å². The molecule has 0 bridgehead atoms. The Labute approximate surface area is 220 Å². The molecule has 2 saturated carbocycles. The third-order valence-electron chi connectivity index (χ3n) is 7.60. The van der Waals surface area contributed by atoms with Crippen LogP contribution in [-0.2, 0) is 9.59 Å². The minimum atomic E-state index is -0.0394. The van der Waals surface area contributed by atoms with Gasteiger partial charge in [0.05, 0.1) is 0 Å². The molecule has 0 spiro atoms. The molecule has 0 radical (unpaired) electrons. The first-order valence-electron chi connectivity index (χ1n) is 15.4. The number of carbonyl (C=O) groups is 2. The molecule has 0 heterocycles. The molecule has 0 atom stereocenters. The van der Waals surface area contributed by atoms with Gasteiger partial charge in [0.15, 0.2) is 0 Å². The van der Waals surface area contributed by atoms with Crippen LogP contribution in [0.2, 0.25) is 0 Å². The minimum Gasteiger partial charge on any atom is -0.273 e. The molecule has 2 fully saturated rings. The van der Waals surface area contributed by atoms with Gasteiger partial charge < -0.3 is 0 Å². The van der Waals surface area contributed by atoms with Gasteiger partial charge in [-0.2, -0.15) is 10.2 Å². The number of amides is 2. The summed E-state index contributed by atoms with van der Waals surface area (Å²) >= 11 is 0. The monoisotopic (exact) mass is 502 g/mol. The maximum Gasteiger partial charge on any atom is 0.240 e. The predicted octanol–water partition coefficient (Wildman–Crippen LogP) is 8.10. The van der Waals surface area contributed by atoms with E-state index in [2.05, 4.69) is 21.1 Å². The third-order valence-corrected chi connectivity index (χ3v) is 7.60. The van der Waals surface area contributed by atoms with E-state index in [1.807, 2.05) is 0 Å². The van der Waals surface area contributed by atoms with Crippen molar-refractivity contribution in [3.8, 4) is 0 Å². The lowest BCUT2D eigenvalue weighted by molar-refractivity contribution is -0.123. The molecule has 2 amide bonds. The van der Waals surface area contributed by atoms with Gasteiger partial charge in [-0.1, -0.05) is 89.9 Å². The quantitative estimate of drug-likeness (QED) is 0.272. The van der Waals surface area contributed by atoms with Crippen LogP contribution >= 0.6 is 0 Å². The topological polar surface area (TPSA) is 82.9 Å². The van der Waals surface area contributed by atoms with Gasteiger partial charge in [-0.3, -0.25) is 9.59 Å². The summed E-state index contributed by atoms with van der Waals surface area (Å²) < 4.78 is 0. The van der Waals surface area contributed by atoms with Crippen LogP contribution in [0.1, 0.15) is 167 Å². The van der Waals surface area contributed by atoms with E-state index >= 15 is 0 Å². The maximum absolute atomic E-state index is 12.3. The molecule has 2 rings (SSSR count). The van der Waals surface area contributed by atoms with Crippen molar-refractivity contribution in [3.63, 3.8) is 0 Å². The predicted molar refractivity (Wildman–Crippen MR) is 151 cm³/mol. The van der Waals surface area contributed by atoms with Crippen LogP contribution in [0.15, 0.2) is 10.2 Å². The van der Waals surface area contributed by atoms with E-state index in [9.17, 15) is 9.59 Å². The second-order valence-corrected chi connectivity index (χ2v) is 11.0. The van der Waals surface area contributed by atoms with Crippen LogP contribution in [0.4, 0.5) is 0 Å². The summed E-state index contributed by atoms with van der Waals surface area (Å²) in [6.45, 7) is 0. The number of rotatable bonds is 7. The fraction of sp³-hybridized carbons (Fsp3) is 0.867. The van der Waals surface area contributed by atoms with Crippen LogP contribution in [0.3, 0.4) is 0 Å². The second-order valence-electron chi connectivity index (χ2n) is 11.0. The van der Waals surface area contributed by atoms with Crippen LogP contribution in [0, 0.1) is 0 Å². The average Bonchev–Trinajstić information content (AvgIpc) is 2.86. The number of unbranched alkanes of at least 4 members (excludes halogenated alkanes) is 1. The Hall–Kier alpha value is -1.72. The Kier molecular flexibility index (Phi) is 18.1. The molecule has 0 aromatic rings. The zero-order valence-electron chi connectivity index (χ0n) is 23.1. The van der Waals surface area contributed by atoms with Crippen molar-refractivity contribution in [2.75, 3.05) is 0 Å². The van der Waals surface area contributed by atoms with Crippen LogP contribution in [0.5, 0.6) is 0 Å². The molecule has 2 aliphatic rings. The Morgan fingerprint density at radius 3 is 0.972 bits per heavy atom. The standard InChI is InChI=1S/C30H54N4O2/c35-29(33-31-27-21-15-11-7-3-1-4-8-12-16-22-27)25-19-20-26-30(36)34-32-28-23-17-13-9-5-2-6-10-14-18-24-28/h1-26H2,(H,33,35)(H,34,36). The normalized spacial score (nSPS) is 20.0. The maximum atomic E-state index is 12.3. The lowest BCUT2D eigenvalue weighted by Crippen LogP contribution is -2.21. The Bertz CT molecular complexity index is 575. The molecule has 0 aliphatic heterocycles. The van der Waals surface area contributed by atoms with E-state index in [0.29, 0.717) is 25.7 Å². The van der Waals surface area contributed by atoms with Crippen molar-refractivity contribution in [1.82, 2.24) is 10.9 Å².